The van der Waals surface area contributed by atoms with Gasteiger partial charge in [-0.3, -0.25) is 0 Å². The Morgan fingerprint density at radius 3 is 2.37 bits per heavy atom. The van der Waals surface area contributed by atoms with E-state index >= 15 is 0 Å². The molecule has 0 saturated carbocycles. The highest BCUT2D eigenvalue weighted by Gasteiger charge is 2.56. The molecule has 1 heterocycles. The number of methoxy groups -OCH3 is 1. The van der Waals surface area contributed by atoms with Crippen molar-refractivity contribution in [2.45, 2.75) is 26.0 Å². The van der Waals surface area contributed by atoms with Crippen molar-refractivity contribution in [1.29, 1.82) is 0 Å². The van der Waals surface area contributed by atoms with Crippen molar-refractivity contribution in [3.05, 3.63) is 65.7 Å². The summed E-state index contributed by atoms with van der Waals surface area (Å²) in [5.41, 5.74) is -0.289. The third-order valence-corrected chi connectivity index (χ3v) is 4.47. The van der Waals surface area contributed by atoms with Crippen LogP contribution >= 0.6 is 0 Å². The van der Waals surface area contributed by atoms with E-state index in [0.717, 1.165) is 5.56 Å². The van der Waals surface area contributed by atoms with Crippen molar-refractivity contribution in [2.24, 2.45) is 10.9 Å². The van der Waals surface area contributed by atoms with E-state index in [1.165, 1.54) is 0 Å². The van der Waals surface area contributed by atoms with Gasteiger partial charge in [-0.1, -0.05) is 44.2 Å². The molecule has 0 bridgehead atoms. The second kappa shape index (κ2) is 7.61. The molecular formula is C21H21NO5. The predicted molar refractivity (Wildman–Crippen MR) is 99.4 cm³/mol. The molecule has 0 fully saturated rings. The molecule has 0 spiro atoms. The lowest BCUT2D eigenvalue weighted by molar-refractivity contribution is -0.161. The number of esters is 2. The standard InChI is InChI=1S/C21H21NO5/c1-14(2)21(19(23)26-13-15-7-5-4-6-8-15)20(24)27-18(22-21)16-9-11-17(25-3)12-10-16/h4-12,14H,13H2,1-3H3/t21-/m0/s1. The predicted octanol–water partition coefficient (Wildman–Crippen LogP) is 3.14. The van der Waals surface area contributed by atoms with Gasteiger partial charge in [-0.25, -0.2) is 14.6 Å². The zero-order valence-electron chi connectivity index (χ0n) is 15.5. The maximum Gasteiger partial charge on any atom is 0.352 e. The number of nitrogens with zero attached hydrogens (tertiary/aromatic N) is 1. The molecule has 0 amide bonds. The number of hydrogen-bond acceptors (Lipinski definition) is 6. The van der Waals surface area contributed by atoms with Crippen LogP contribution in [0.2, 0.25) is 0 Å². The summed E-state index contributed by atoms with van der Waals surface area (Å²) in [4.78, 5) is 29.8. The Balaban J connectivity index is 1.86. The van der Waals surface area contributed by atoms with Crippen LogP contribution in [0.25, 0.3) is 0 Å². The van der Waals surface area contributed by atoms with Crippen LogP contribution in [0.3, 0.4) is 0 Å². The fourth-order valence-electron chi connectivity index (χ4n) is 2.81. The SMILES string of the molecule is COc1ccc(C2=N[C@](C(=O)OCc3ccccc3)(C(C)C)C(=O)O2)cc1. The monoisotopic (exact) mass is 367 g/mol. The number of carbonyl (C=O) groups is 2. The Kier molecular flexibility index (Phi) is 5.26. The van der Waals surface area contributed by atoms with Crippen molar-refractivity contribution in [3.63, 3.8) is 0 Å². The summed E-state index contributed by atoms with van der Waals surface area (Å²) in [5, 5.41) is 0. The first-order valence-electron chi connectivity index (χ1n) is 8.65. The maximum absolute atomic E-state index is 12.8. The van der Waals surface area contributed by atoms with Crippen LogP contribution in [0.5, 0.6) is 5.75 Å². The van der Waals surface area contributed by atoms with Crippen molar-refractivity contribution in [1.82, 2.24) is 0 Å². The molecule has 2 aromatic rings. The first-order chi connectivity index (χ1) is 13.0. The fourth-order valence-corrected chi connectivity index (χ4v) is 2.81. The largest absolute Gasteiger partial charge is 0.497 e. The molecule has 140 valence electrons. The topological polar surface area (TPSA) is 74.2 Å². The summed E-state index contributed by atoms with van der Waals surface area (Å²) in [6.07, 6.45) is 0. The molecule has 0 aliphatic carbocycles. The Hall–Kier alpha value is -3.15. The van der Waals surface area contributed by atoms with Crippen LogP contribution in [-0.2, 0) is 25.7 Å². The summed E-state index contributed by atoms with van der Waals surface area (Å²) in [7, 11) is 1.56. The van der Waals surface area contributed by atoms with Crippen LogP contribution in [0.1, 0.15) is 25.0 Å². The van der Waals surface area contributed by atoms with Gasteiger partial charge in [0.25, 0.3) is 5.54 Å². The molecule has 0 aromatic heterocycles. The minimum atomic E-state index is -1.70. The summed E-state index contributed by atoms with van der Waals surface area (Å²) < 4.78 is 15.9. The minimum Gasteiger partial charge on any atom is -0.497 e. The molecule has 6 nitrogen and oxygen atoms in total. The van der Waals surface area contributed by atoms with Crippen LogP contribution in [-0.4, -0.2) is 30.5 Å². The zero-order chi connectivity index (χ0) is 19.4. The van der Waals surface area contributed by atoms with Crippen LogP contribution in [0.4, 0.5) is 0 Å². The first-order valence-corrected chi connectivity index (χ1v) is 8.65. The van der Waals surface area contributed by atoms with Gasteiger partial charge in [0.2, 0.25) is 5.90 Å². The van der Waals surface area contributed by atoms with E-state index in [2.05, 4.69) is 4.99 Å². The molecule has 3 rings (SSSR count). The molecule has 1 atom stereocenters. The summed E-state index contributed by atoms with van der Waals surface area (Å²) in [5.74, 6) is -1.09. The van der Waals surface area contributed by atoms with E-state index in [4.69, 9.17) is 14.2 Å². The molecule has 6 heteroatoms. The van der Waals surface area contributed by atoms with E-state index in [1.807, 2.05) is 30.3 Å². The van der Waals surface area contributed by atoms with Gasteiger partial charge in [0.1, 0.15) is 12.4 Å². The Morgan fingerprint density at radius 1 is 1.11 bits per heavy atom. The number of cyclic esters (lactones) is 1. The van der Waals surface area contributed by atoms with Crippen molar-refractivity contribution in [3.8, 4) is 5.75 Å². The van der Waals surface area contributed by atoms with Crippen molar-refractivity contribution in [2.75, 3.05) is 7.11 Å². The van der Waals surface area contributed by atoms with Gasteiger partial charge in [0.05, 0.1) is 7.11 Å². The number of benzene rings is 2. The summed E-state index contributed by atoms with van der Waals surface area (Å²) >= 11 is 0. The van der Waals surface area contributed by atoms with Gasteiger partial charge in [0, 0.05) is 11.5 Å². The van der Waals surface area contributed by atoms with Gasteiger partial charge in [-0.2, -0.15) is 0 Å². The Morgan fingerprint density at radius 2 is 1.78 bits per heavy atom. The average Bonchev–Trinajstić information content (AvgIpc) is 3.05. The van der Waals surface area contributed by atoms with Gasteiger partial charge in [-0.05, 0) is 29.8 Å². The summed E-state index contributed by atoms with van der Waals surface area (Å²) in [6.45, 7) is 3.55. The van der Waals surface area contributed by atoms with E-state index in [1.54, 1.807) is 45.2 Å². The molecule has 0 N–H and O–H groups in total. The second-order valence-electron chi connectivity index (χ2n) is 6.52. The number of carbonyl (C=O) groups excluding carboxylic acids is 2. The highest BCUT2D eigenvalue weighted by Crippen LogP contribution is 2.32. The van der Waals surface area contributed by atoms with Gasteiger partial charge >= 0.3 is 11.9 Å². The Bertz CT molecular complexity index is 858. The van der Waals surface area contributed by atoms with Crippen LogP contribution in [0, 0.1) is 5.92 Å². The third-order valence-electron chi connectivity index (χ3n) is 4.47. The number of hydrogen-bond donors (Lipinski definition) is 0. The van der Waals surface area contributed by atoms with Crippen molar-refractivity contribution >= 4 is 17.8 Å². The highest BCUT2D eigenvalue weighted by molar-refractivity contribution is 6.17. The molecule has 1 aliphatic rings. The van der Waals surface area contributed by atoms with Gasteiger partial charge in [-0.15, -0.1) is 0 Å². The third kappa shape index (κ3) is 3.56. The van der Waals surface area contributed by atoms with Gasteiger partial charge < -0.3 is 14.2 Å². The van der Waals surface area contributed by atoms with Crippen LogP contribution < -0.4 is 4.74 Å². The minimum absolute atomic E-state index is 0.0643. The van der Waals surface area contributed by atoms with E-state index in [0.29, 0.717) is 11.3 Å². The number of ether oxygens (including phenoxy) is 3. The van der Waals surface area contributed by atoms with E-state index < -0.39 is 23.4 Å². The number of rotatable bonds is 6. The van der Waals surface area contributed by atoms with Crippen molar-refractivity contribution < 1.29 is 23.8 Å². The first kappa shape index (κ1) is 18.6. The maximum atomic E-state index is 12.8. The fraction of sp³-hybridized carbons (Fsp3) is 0.286. The van der Waals surface area contributed by atoms with Gasteiger partial charge in [0.15, 0.2) is 0 Å². The molecule has 2 aromatic carbocycles. The molecule has 0 saturated heterocycles. The average molecular weight is 367 g/mol. The van der Waals surface area contributed by atoms with E-state index in [-0.39, 0.29) is 12.5 Å². The second-order valence-corrected chi connectivity index (χ2v) is 6.52. The summed E-state index contributed by atoms with van der Waals surface area (Å²) in [6, 6.07) is 16.2. The highest BCUT2D eigenvalue weighted by atomic mass is 16.6. The normalized spacial score (nSPS) is 18.8. The molecule has 1 aliphatic heterocycles. The van der Waals surface area contributed by atoms with E-state index in [9.17, 15) is 9.59 Å². The molecule has 27 heavy (non-hydrogen) atoms. The zero-order valence-corrected chi connectivity index (χ0v) is 15.5. The molecule has 0 radical (unpaired) electrons. The molecular weight excluding hydrogens is 346 g/mol. The van der Waals surface area contributed by atoms with Crippen LogP contribution in [0.15, 0.2) is 59.6 Å². The number of aliphatic imine (C=N–C) groups is 1. The lowest BCUT2D eigenvalue weighted by Crippen LogP contribution is -2.48. The Labute approximate surface area is 157 Å². The quantitative estimate of drug-likeness (QED) is 0.579. The molecule has 0 unspecified atom stereocenters. The lowest BCUT2D eigenvalue weighted by Gasteiger charge is -2.23. The smallest absolute Gasteiger partial charge is 0.352 e. The lowest BCUT2D eigenvalue weighted by atomic mass is 9.87.